The molecule has 0 bridgehead atoms. The minimum Gasteiger partial charge on any atom is -0.373 e. The van der Waals surface area contributed by atoms with Gasteiger partial charge in [-0.15, -0.1) is 0 Å². The average molecular weight is 222 g/mol. The number of aromatic nitrogens is 2. The van der Waals surface area contributed by atoms with Crippen LogP contribution in [-0.2, 0) is 0 Å². The lowest BCUT2D eigenvalue weighted by atomic mass is 10.2. The molecule has 0 saturated carbocycles. The van der Waals surface area contributed by atoms with Crippen LogP contribution in [0.1, 0.15) is 6.92 Å². The maximum Gasteiger partial charge on any atom is 0.300 e. The van der Waals surface area contributed by atoms with E-state index in [1.54, 1.807) is 6.07 Å². The van der Waals surface area contributed by atoms with Crippen LogP contribution in [0.15, 0.2) is 16.8 Å². The van der Waals surface area contributed by atoms with Crippen molar-refractivity contribution in [3.05, 3.63) is 22.2 Å². The lowest BCUT2D eigenvalue weighted by Crippen LogP contribution is -2.16. The molecule has 0 unspecified atom stereocenters. The number of nitro benzene ring substituents is 1. The molecule has 0 aliphatic carbocycles. The first-order valence-corrected chi connectivity index (χ1v) is 4.76. The molecule has 2 rings (SSSR count). The van der Waals surface area contributed by atoms with Crippen molar-refractivity contribution in [3.63, 3.8) is 0 Å². The molecule has 1 heterocycles. The fourth-order valence-corrected chi connectivity index (χ4v) is 1.47. The number of nitrogens with zero attached hydrogens (tertiary/aromatic N) is 4. The van der Waals surface area contributed by atoms with E-state index in [2.05, 4.69) is 14.9 Å². The highest BCUT2D eigenvalue weighted by atomic mass is 16.6. The van der Waals surface area contributed by atoms with Crippen LogP contribution in [0.25, 0.3) is 11.0 Å². The SMILES string of the molecule is CCN(C)c1ccc([N+](=O)[O-])c2nonc12. The molecular weight excluding hydrogens is 212 g/mol. The Balaban J connectivity index is 2.68. The number of rotatable bonds is 3. The van der Waals surface area contributed by atoms with Crippen molar-refractivity contribution in [3.8, 4) is 0 Å². The summed E-state index contributed by atoms with van der Waals surface area (Å²) in [7, 11) is 1.87. The number of benzene rings is 1. The largest absolute Gasteiger partial charge is 0.373 e. The molecule has 0 fully saturated rings. The van der Waals surface area contributed by atoms with Gasteiger partial charge in [-0.2, -0.15) is 0 Å². The van der Waals surface area contributed by atoms with E-state index in [4.69, 9.17) is 0 Å². The first kappa shape index (κ1) is 10.3. The van der Waals surface area contributed by atoms with Gasteiger partial charge in [0, 0.05) is 19.7 Å². The van der Waals surface area contributed by atoms with Crippen LogP contribution in [0, 0.1) is 10.1 Å². The summed E-state index contributed by atoms with van der Waals surface area (Å²) in [5.74, 6) is 0. The quantitative estimate of drug-likeness (QED) is 0.579. The van der Waals surface area contributed by atoms with E-state index < -0.39 is 4.92 Å². The summed E-state index contributed by atoms with van der Waals surface area (Å²) in [6, 6.07) is 3.06. The van der Waals surface area contributed by atoms with Gasteiger partial charge < -0.3 is 4.90 Å². The van der Waals surface area contributed by atoms with Crippen molar-refractivity contribution in [1.82, 2.24) is 10.3 Å². The molecule has 2 aromatic rings. The highest BCUT2D eigenvalue weighted by Crippen LogP contribution is 2.30. The van der Waals surface area contributed by atoms with E-state index in [-0.39, 0.29) is 11.2 Å². The molecule has 1 aromatic heterocycles. The van der Waals surface area contributed by atoms with Crippen LogP contribution in [0.2, 0.25) is 0 Å². The Morgan fingerprint density at radius 2 is 2.12 bits per heavy atom. The molecule has 7 heteroatoms. The molecule has 0 N–H and O–H groups in total. The Morgan fingerprint density at radius 1 is 1.44 bits per heavy atom. The zero-order valence-corrected chi connectivity index (χ0v) is 8.88. The summed E-state index contributed by atoms with van der Waals surface area (Å²) >= 11 is 0. The maximum absolute atomic E-state index is 10.7. The number of anilines is 1. The van der Waals surface area contributed by atoms with Crippen molar-refractivity contribution in [2.24, 2.45) is 0 Å². The summed E-state index contributed by atoms with van der Waals surface area (Å²) in [6.07, 6.45) is 0. The summed E-state index contributed by atoms with van der Waals surface area (Å²) in [4.78, 5) is 12.2. The molecule has 0 radical (unpaired) electrons. The average Bonchev–Trinajstić information content (AvgIpc) is 2.75. The van der Waals surface area contributed by atoms with Gasteiger partial charge in [0.15, 0.2) is 5.52 Å². The highest BCUT2D eigenvalue weighted by molar-refractivity contribution is 5.93. The van der Waals surface area contributed by atoms with Gasteiger partial charge in [-0.1, -0.05) is 0 Å². The van der Waals surface area contributed by atoms with E-state index in [1.165, 1.54) is 6.07 Å². The van der Waals surface area contributed by atoms with Gasteiger partial charge in [-0.05, 0) is 23.3 Å². The molecule has 0 spiro atoms. The van der Waals surface area contributed by atoms with Crippen molar-refractivity contribution in [1.29, 1.82) is 0 Å². The number of hydrogen-bond acceptors (Lipinski definition) is 6. The van der Waals surface area contributed by atoms with Crippen molar-refractivity contribution in [2.75, 3.05) is 18.5 Å². The first-order chi connectivity index (χ1) is 7.65. The van der Waals surface area contributed by atoms with Crippen LogP contribution in [-0.4, -0.2) is 28.8 Å². The van der Waals surface area contributed by atoms with Crippen LogP contribution in [0.5, 0.6) is 0 Å². The third-order valence-corrected chi connectivity index (χ3v) is 2.46. The summed E-state index contributed by atoms with van der Waals surface area (Å²) in [6.45, 7) is 2.74. The molecule has 84 valence electrons. The van der Waals surface area contributed by atoms with E-state index in [9.17, 15) is 10.1 Å². The van der Waals surface area contributed by atoms with Crippen LogP contribution in [0.3, 0.4) is 0 Å². The summed E-state index contributed by atoms with van der Waals surface area (Å²) in [5, 5.41) is 18.0. The number of hydrogen-bond donors (Lipinski definition) is 0. The Morgan fingerprint density at radius 3 is 2.75 bits per heavy atom. The standard InChI is InChI=1S/C9H10N4O3/c1-3-12(2)6-4-5-7(13(14)15)9-8(6)10-16-11-9/h4-5H,3H2,1-2H3. The monoisotopic (exact) mass is 222 g/mol. The summed E-state index contributed by atoms with van der Waals surface area (Å²) in [5.41, 5.74) is 1.27. The molecule has 7 nitrogen and oxygen atoms in total. The minimum atomic E-state index is -0.498. The van der Waals surface area contributed by atoms with Gasteiger partial charge in [-0.25, -0.2) is 4.63 Å². The lowest BCUT2D eigenvalue weighted by molar-refractivity contribution is -0.383. The minimum absolute atomic E-state index is 0.0931. The van der Waals surface area contributed by atoms with Crippen molar-refractivity contribution in [2.45, 2.75) is 6.92 Å². The van der Waals surface area contributed by atoms with Crippen molar-refractivity contribution >= 4 is 22.4 Å². The molecule has 0 atom stereocenters. The van der Waals surface area contributed by atoms with E-state index in [0.717, 1.165) is 12.2 Å². The first-order valence-electron chi connectivity index (χ1n) is 4.76. The van der Waals surface area contributed by atoms with E-state index in [0.29, 0.717) is 5.52 Å². The zero-order chi connectivity index (χ0) is 11.7. The molecule has 1 aromatic carbocycles. The third kappa shape index (κ3) is 1.46. The molecule has 0 aliphatic heterocycles. The molecule has 0 aliphatic rings. The Kier molecular flexibility index (Phi) is 2.43. The Bertz CT molecular complexity index is 537. The lowest BCUT2D eigenvalue weighted by Gasteiger charge is -2.15. The smallest absolute Gasteiger partial charge is 0.300 e. The second-order valence-electron chi connectivity index (χ2n) is 3.34. The van der Waals surface area contributed by atoms with Gasteiger partial charge >= 0.3 is 5.69 Å². The number of non-ortho nitro benzene ring substituents is 1. The number of nitro groups is 1. The zero-order valence-electron chi connectivity index (χ0n) is 8.88. The van der Waals surface area contributed by atoms with Crippen LogP contribution < -0.4 is 4.90 Å². The van der Waals surface area contributed by atoms with Gasteiger partial charge in [0.2, 0.25) is 5.52 Å². The summed E-state index contributed by atoms with van der Waals surface area (Å²) < 4.78 is 4.56. The molecule has 16 heavy (non-hydrogen) atoms. The Labute approximate surface area is 90.8 Å². The van der Waals surface area contributed by atoms with Gasteiger partial charge in [0.1, 0.15) is 0 Å². The van der Waals surface area contributed by atoms with E-state index in [1.807, 2.05) is 18.9 Å². The normalized spacial score (nSPS) is 10.6. The Hall–Kier alpha value is -2.18. The molecule has 0 amide bonds. The fraction of sp³-hybridized carbons (Fsp3) is 0.333. The highest BCUT2D eigenvalue weighted by Gasteiger charge is 2.20. The van der Waals surface area contributed by atoms with Crippen molar-refractivity contribution < 1.29 is 9.55 Å². The van der Waals surface area contributed by atoms with Crippen LogP contribution in [0.4, 0.5) is 11.4 Å². The second-order valence-corrected chi connectivity index (χ2v) is 3.34. The van der Waals surface area contributed by atoms with Gasteiger partial charge in [0.05, 0.1) is 10.6 Å². The maximum atomic E-state index is 10.7. The second kappa shape index (κ2) is 3.76. The van der Waals surface area contributed by atoms with E-state index >= 15 is 0 Å². The van der Waals surface area contributed by atoms with Gasteiger partial charge in [-0.3, -0.25) is 10.1 Å². The van der Waals surface area contributed by atoms with Gasteiger partial charge in [0.25, 0.3) is 0 Å². The fourth-order valence-electron chi connectivity index (χ4n) is 1.47. The predicted octanol–water partition coefficient (Wildman–Crippen LogP) is 1.59. The molecule has 0 saturated heterocycles. The third-order valence-electron chi connectivity index (χ3n) is 2.46. The number of fused-ring (bicyclic) bond motifs is 1. The predicted molar refractivity (Wildman–Crippen MR) is 57.4 cm³/mol. The topological polar surface area (TPSA) is 85.3 Å². The molecular formula is C9H10N4O3. The van der Waals surface area contributed by atoms with Crippen LogP contribution >= 0.6 is 0 Å².